The van der Waals surface area contributed by atoms with Crippen molar-refractivity contribution in [2.75, 3.05) is 32.0 Å². The van der Waals surface area contributed by atoms with Gasteiger partial charge in [0, 0.05) is 22.8 Å². The molecule has 3 rings (SSSR count). The number of likely N-dealkylation sites (N-methyl/N-ethyl adjacent to an activating group) is 1. The number of carbonyl (C=O) groups excluding carboxylic acids is 3. The fraction of sp³-hybridized carbons (Fsp3) is 0.565. The van der Waals surface area contributed by atoms with Crippen LogP contribution in [0.5, 0.6) is 0 Å². The largest absolute Gasteiger partial charge is 0.460 e. The van der Waals surface area contributed by atoms with Gasteiger partial charge in [-0.15, -0.1) is 11.3 Å². The molecule has 1 fully saturated rings. The molecule has 2 aromatic rings. The van der Waals surface area contributed by atoms with Gasteiger partial charge in [-0.1, -0.05) is 11.3 Å². The average molecular weight is 511 g/mol. The number of thiophene rings is 1. The molecule has 1 saturated heterocycles. The van der Waals surface area contributed by atoms with Crippen molar-refractivity contribution in [2.24, 2.45) is 0 Å². The normalized spacial score (nSPS) is 16.2. The molecular formula is C23H31FN4O4S2. The third-order valence-electron chi connectivity index (χ3n) is 5.30. The van der Waals surface area contributed by atoms with Gasteiger partial charge in [-0.3, -0.25) is 24.6 Å². The Morgan fingerprint density at radius 2 is 2.06 bits per heavy atom. The molecule has 1 unspecified atom stereocenters. The fourth-order valence-corrected chi connectivity index (χ4v) is 5.52. The van der Waals surface area contributed by atoms with Crippen LogP contribution in [-0.4, -0.2) is 64.9 Å². The first-order valence-corrected chi connectivity index (χ1v) is 12.8. The predicted octanol–water partition coefficient (Wildman–Crippen LogP) is 4.23. The number of hydrogen-bond donors (Lipinski definition) is 1. The molecule has 1 aliphatic heterocycles. The highest BCUT2D eigenvalue weighted by molar-refractivity contribution is 7.14. The first kappa shape index (κ1) is 26.2. The maximum absolute atomic E-state index is 13.2. The molecule has 2 aromatic heterocycles. The number of amides is 2. The zero-order chi connectivity index (χ0) is 25.0. The van der Waals surface area contributed by atoms with Gasteiger partial charge in [-0.25, -0.2) is 4.98 Å². The third kappa shape index (κ3) is 7.07. The van der Waals surface area contributed by atoms with E-state index in [1.165, 1.54) is 11.3 Å². The van der Waals surface area contributed by atoms with Gasteiger partial charge in [0.25, 0.3) is 5.91 Å². The van der Waals surface area contributed by atoms with E-state index in [0.717, 1.165) is 40.1 Å². The summed E-state index contributed by atoms with van der Waals surface area (Å²) in [6, 6.07) is 1.73. The lowest BCUT2D eigenvalue weighted by molar-refractivity contribution is -0.155. The number of thiazole rings is 1. The molecule has 2 amide bonds. The number of hydrogen-bond acceptors (Lipinski definition) is 8. The molecule has 0 spiro atoms. The topological polar surface area (TPSA) is 91.8 Å². The Bertz CT molecular complexity index is 1050. The highest BCUT2D eigenvalue weighted by atomic mass is 32.1. The summed E-state index contributed by atoms with van der Waals surface area (Å²) in [4.78, 5) is 46.9. The molecule has 186 valence electrons. The summed E-state index contributed by atoms with van der Waals surface area (Å²) in [5.41, 5.74) is -0.0244. The van der Waals surface area contributed by atoms with Gasteiger partial charge in [-0.2, -0.15) is 4.39 Å². The summed E-state index contributed by atoms with van der Waals surface area (Å²) in [7, 11) is 1.81. The van der Waals surface area contributed by atoms with Gasteiger partial charge in [0.05, 0.1) is 30.8 Å². The van der Waals surface area contributed by atoms with E-state index >= 15 is 0 Å². The number of aryl methyl sites for hydroxylation is 1. The molecule has 0 aliphatic carbocycles. The quantitative estimate of drug-likeness (QED) is 0.535. The molecule has 0 saturated carbocycles. The molecular weight excluding hydrogens is 479 g/mol. The fourth-order valence-electron chi connectivity index (χ4n) is 3.81. The minimum absolute atomic E-state index is 0.00972. The highest BCUT2D eigenvalue weighted by Crippen LogP contribution is 2.37. The zero-order valence-corrected chi connectivity index (χ0v) is 21.8. The zero-order valence-electron chi connectivity index (χ0n) is 20.1. The number of aromatic nitrogens is 1. The van der Waals surface area contributed by atoms with Crippen LogP contribution in [0.4, 0.5) is 9.52 Å². The molecule has 0 radical (unpaired) electrons. The number of anilines is 1. The van der Waals surface area contributed by atoms with Crippen LogP contribution >= 0.6 is 22.7 Å². The van der Waals surface area contributed by atoms with Crippen LogP contribution in [0.2, 0.25) is 0 Å². The van der Waals surface area contributed by atoms with Crippen LogP contribution in [-0.2, 0) is 14.3 Å². The summed E-state index contributed by atoms with van der Waals surface area (Å²) in [5.74, 6) is -0.636. The lowest BCUT2D eigenvalue weighted by Gasteiger charge is -2.27. The number of nitrogens with one attached hydrogen (secondary N) is 1. The van der Waals surface area contributed by atoms with E-state index in [4.69, 9.17) is 4.74 Å². The van der Waals surface area contributed by atoms with Crippen LogP contribution in [0, 0.1) is 12.1 Å². The van der Waals surface area contributed by atoms with Gasteiger partial charge < -0.3 is 9.64 Å². The van der Waals surface area contributed by atoms with Crippen molar-refractivity contribution >= 4 is 45.6 Å². The maximum Gasteiger partial charge on any atom is 0.307 e. The van der Waals surface area contributed by atoms with Gasteiger partial charge >= 0.3 is 5.97 Å². The molecule has 1 N–H and O–H groups in total. The Morgan fingerprint density at radius 3 is 2.71 bits per heavy atom. The molecule has 1 atom stereocenters. The standard InChI is InChI=1S/C23H31FN4O4S2/c1-14-15(21(31)26-22-25-12-18(24)34-22)11-17(33-14)16-7-6-9-28(16)19(29)13-27(5)10-8-20(30)32-23(2,3)4/h11-12,16H,6-10,13H2,1-5H3,(H,25,26,31). The summed E-state index contributed by atoms with van der Waals surface area (Å²) < 4.78 is 18.5. The second-order valence-electron chi connectivity index (χ2n) is 9.36. The maximum atomic E-state index is 13.2. The number of halogens is 1. The van der Waals surface area contributed by atoms with Crippen molar-refractivity contribution in [1.82, 2.24) is 14.8 Å². The van der Waals surface area contributed by atoms with E-state index in [1.54, 1.807) is 0 Å². The first-order chi connectivity index (χ1) is 15.9. The van der Waals surface area contributed by atoms with Gasteiger partial charge in [0.15, 0.2) is 10.3 Å². The van der Waals surface area contributed by atoms with Crippen molar-refractivity contribution in [2.45, 2.75) is 58.6 Å². The second kappa shape index (κ2) is 10.9. The van der Waals surface area contributed by atoms with Crippen molar-refractivity contribution < 1.29 is 23.5 Å². The van der Waals surface area contributed by atoms with Crippen LogP contribution in [0.3, 0.4) is 0 Å². The van der Waals surface area contributed by atoms with E-state index in [1.807, 2.05) is 50.6 Å². The Balaban J connectivity index is 1.59. The molecule has 3 heterocycles. The first-order valence-electron chi connectivity index (χ1n) is 11.2. The summed E-state index contributed by atoms with van der Waals surface area (Å²) >= 11 is 2.27. The van der Waals surface area contributed by atoms with Crippen molar-refractivity contribution in [3.63, 3.8) is 0 Å². The Morgan fingerprint density at radius 1 is 1.32 bits per heavy atom. The van der Waals surface area contributed by atoms with Crippen LogP contribution in [0.1, 0.15) is 66.2 Å². The molecule has 0 aromatic carbocycles. The lowest BCUT2D eigenvalue weighted by Crippen LogP contribution is -2.39. The molecule has 11 heteroatoms. The van der Waals surface area contributed by atoms with Gasteiger partial charge in [0.1, 0.15) is 5.60 Å². The molecule has 0 bridgehead atoms. The Hall–Kier alpha value is -2.37. The molecule has 34 heavy (non-hydrogen) atoms. The van der Waals surface area contributed by atoms with Crippen molar-refractivity contribution in [3.05, 3.63) is 32.7 Å². The van der Waals surface area contributed by atoms with Crippen LogP contribution in [0.15, 0.2) is 12.3 Å². The molecule has 8 nitrogen and oxygen atoms in total. The number of carbonyl (C=O) groups is 3. The Kier molecular flexibility index (Phi) is 8.43. The number of likely N-dealkylation sites (tertiary alicyclic amines) is 1. The third-order valence-corrected chi connectivity index (χ3v) is 7.16. The average Bonchev–Trinajstić information content (AvgIpc) is 3.44. The predicted molar refractivity (Wildman–Crippen MR) is 131 cm³/mol. The Labute approximate surface area is 207 Å². The number of nitrogens with zero attached hydrogens (tertiary/aromatic N) is 3. The summed E-state index contributed by atoms with van der Waals surface area (Å²) in [5, 5.41) is 2.38. The van der Waals surface area contributed by atoms with E-state index in [0.29, 0.717) is 18.7 Å². The van der Waals surface area contributed by atoms with Crippen LogP contribution < -0.4 is 5.32 Å². The lowest BCUT2D eigenvalue weighted by atomic mass is 10.1. The smallest absolute Gasteiger partial charge is 0.307 e. The minimum Gasteiger partial charge on any atom is -0.460 e. The summed E-state index contributed by atoms with van der Waals surface area (Å²) in [6.07, 6.45) is 3.00. The van der Waals surface area contributed by atoms with Crippen molar-refractivity contribution in [1.29, 1.82) is 0 Å². The van der Waals surface area contributed by atoms with Gasteiger partial charge in [-0.05, 0) is 53.7 Å². The van der Waals surface area contributed by atoms with E-state index in [2.05, 4.69) is 10.3 Å². The van der Waals surface area contributed by atoms with E-state index < -0.39 is 10.7 Å². The molecule has 1 aliphatic rings. The summed E-state index contributed by atoms with van der Waals surface area (Å²) in [6.45, 7) is 8.62. The number of esters is 1. The second-order valence-corrected chi connectivity index (χ2v) is 11.6. The minimum atomic E-state index is -0.528. The number of rotatable bonds is 8. The highest BCUT2D eigenvalue weighted by Gasteiger charge is 2.32. The number of ether oxygens (including phenoxy) is 1. The van der Waals surface area contributed by atoms with Gasteiger partial charge in [0.2, 0.25) is 5.91 Å². The van der Waals surface area contributed by atoms with E-state index in [-0.39, 0.29) is 41.9 Å². The van der Waals surface area contributed by atoms with Crippen molar-refractivity contribution in [3.8, 4) is 0 Å². The monoisotopic (exact) mass is 510 g/mol. The SMILES string of the molecule is Cc1sc(C2CCCN2C(=O)CN(C)CCC(=O)OC(C)(C)C)cc1C(=O)Nc1ncc(F)s1. The van der Waals surface area contributed by atoms with E-state index in [9.17, 15) is 18.8 Å². The van der Waals surface area contributed by atoms with Crippen LogP contribution in [0.25, 0.3) is 0 Å².